The van der Waals surface area contributed by atoms with Crippen LogP contribution in [0.2, 0.25) is 0 Å². The Hall–Kier alpha value is -0.650. The standard InChI is InChI=1S/C11H24N2O3/c1-9(2)8-13-11(15)10(3)12-4-6-16-7-5-14/h9-10,12,14H,4-8H2,1-3H3,(H,13,15). The highest BCUT2D eigenvalue weighted by Crippen LogP contribution is 1.89. The topological polar surface area (TPSA) is 70.6 Å². The third kappa shape index (κ3) is 8.64. The van der Waals surface area contributed by atoms with Crippen LogP contribution in [0, 0.1) is 5.92 Å². The molecule has 0 aromatic rings. The first-order valence-electron chi connectivity index (χ1n) is 5.77. The van der Waals surface area contributed by atoms with Crippen molar-refractivity contribution in [3.05, 3.63) is 0 Å². The van der Waals surface area contributed by atoms with E-state index in [1.807, 2.05) is 6.92 Å². The number of carbonyl (C=O) groups is 1. The van der Waals surface area contributed by atoms with E-state index in [2.05, 4.69) is 24.5 Å². The van der Waals surface area contributed by atoms with Gasteiger partial charge in [-0.05, 0) is 12.8 Å². The summed E-state index contributed by atoms with van der Waals surface area (Å²) in [5, 5.41) is 14.4. The van der Waals surface area contributed by atoms with Crippen LogP contribution in [0.5, 0.6) is 0 Å². The molecule has 0 fully saturated rings. The quantitative estimate of drug-likeness (QED) is 0.479. The van der Waals surface area contributed by atoms with Gasteiger partial charge in [-0.25, -0.2) is 0 Å². The van der Waals surface area contributed by atoms with E-state index in [4.69, 9.17) is 9.84 Å². The molecule has 0 heterocycles. The molecule has 3 N–H and O–H groups in total. The number of aliphatic hydroxyl groups excluding tert-OH is 1. The second kappa shape index (κ2) is 9.57. The lowest BCUT2D eigenvalue weighted by molar-refractivity contribution is -0.122. The molecule has 5 nitrogen and oxygen atoms in total. The Morgan fingerprint density at radius 3 is 2.56 bits per heavy atom. The van der Waals surface area contributed by atoms with Gasteiger partial charge in [-0.1, -0.05) is 13.8 Å². The van der Waals surface area contributed by atoms with Crippen LogP contribution in [0.4, 0.5) is 0 Å². The molecule has 5 heteroatoms. The van der Waals surface area contributed by atoms with Gasteiger partial charge >= 0.3 is 0 Å². The number of rotatable bonds is 9. The summed E-state index contributed by atoms with van der Waals surface area (Å²) < 4.78 is 5.07. The van der Waals surface area contributed by atoms with Crippen molar-refractivity contribution < 1.29 is 14.6 Å². The minimum Gasteiger partial charge on any atom is -0.394 e. The van der Waals surface area contributed by atoms with Crippen molar-refractivity contribution in [3.8, 4) is 0 Å². The fourth-order valence-corrected chi connectivity index (χ4v) is 1.06. The highest BCUT2D eigenvalue weighted by Gasteiger charge is 2.11. The highest BCUT2D eigenvalue weighted by atomic mass is 16.5. The second-order valence-electron chi connectivity index (χ2n) is 4.15. The smallest absolute Gasteiger partial charge is 0.236 e. The Morgan fingerprint density at radius 2 is 2.00 bits per heavy atom. The Morgan fingerprint density at radius 1 is 1.31 bits per heavy atom. The first-order valence-corrected chi connectivity index (χ1v) is 5.77. The molecule has 96 valence electrons. The summed E-state index contributed by atoms with van der Waals surface area (Å²) in [5.74, 6) is 0.472. The number of hydrogen-bond donors (Lipinski definition) is 3. The summed E-state index contributed by atoms with van der Waals surface area (Å²) >= 11 is 0. The maximum Gasteiger partial charge on any atom is 0.236 e. The van der Waals surface area contributed by atoms with Crippen molar-refractivity contribution in [2.75, 3.05) is 32.9 Å². The molecule has 16 heavy (non-hydrogen) atoms. The molecule has 0 aromatic carbocycles. The number of hydrogen-bond acceptors (Lipinski definition) is 4. The van der Waals surface area contributed by atoms with E-state index in [1.165, 1.54) is 0 Å². The average molecular weight is 232 g/mol. The Balaban J connectivity index is 3.47. The average Bonchev–Trinajstić information content (AvgIpc) is 2.25. The number of nitrogens with one attached hydrogen (secondary N) is 2. The van der Waals surface area contributed by atoms with E-state index >= 15 is 0 Å². The van der Waals surface area contributed by atoms with Gasteiger partial charge < -0.3 is 20.5 Å². The molecular weight excluding hydrogens is 208 g/mol. The summed E-state index contributed by atoms with van der Waals surface area (Å²) in [6, 6.07) is -0.212. The van der Waals surface area contributed by atoms with Crippen LogP contribution >= 0.6 is 0 Å². The largest absolute Gasteiger partial charge is 0.394 e. The summed E-state index contributed by atoms with van der Waals surface area (Å²) in [6.07, 6.45) is 0. The van der Waals surface area contributed by atoms with Crippen molar-refractivity contribution in [1.82, 2.24) is 10.6 Å². The molecule has 1 atom stereocenters. The molecule has 0 aromatic heterocycles. The molecule has 1 unspecified atom stereocenters. The zero-order valence-corrected chi connectivity index (χ0v) is 10.5. The van der Waals surface area contributed by atoms with E-state index < -0.39 is 0 Å². The molecule has 0 saturated carbocycles. The van der Waals surface area contributed by atoms with Gasteiger partial charge in [0.2, 0.25) is 5.91 Å². The number of carbonyl (C=O) groups excluding carboxylic acids is 1. The first kappa shape index (κ1) is 15.3. The second-order valence-corrected chi connectivity index (χ2v) is 4.15. The van der Waals surface area contributed by atoms with Gasteiger partial charge in [0.05, 0.1) is 25.9 Å². The fraction of sp³-hybridized carbons (Fsp3) is 0.909. The van der Waals surface area contributed by atoms with E-state index in [9.17, 15) is 4.79 Å². The van der Waals surface area contributed by atoms with Crippen molar-refractivity contribution in [2.24, 2.45) is 5.92 Å². The van der Waals surface area contributed by atoms with Crippen LogP contribution in [0.25, 0.3) is 0 Å². The normalized spacial score (nSPS) is 12.8. The van der Waals surface area contributed by atoms with Crippen LogP contribution in [0.1, 0.15) is 20.8 Å². The van der Waals surface area contributed by atoms with Crippen LogP contribution in [0.3, 0.4) is 0 Å². The van der Waals surface area contributed by atoms with Crippen LogP contribution in [0.15, 0.2) is 0 Å². The van der Waals surface area contributed by atoms with Crippen molar-refractivity contribution in [1.29, 1.82) is 0 Å². The van der Waals surface area contributed by atoms with Gasteiger partial charge in [-0.2, -0.15) is 0 Å². The van der Waals surface area contributed by atoms with E-state index in [0.717, 1.165) is 0 Å². The molecule has 0 aliphatic rings. The molecule has 0 spiro atoms. The van der Waals surface area contributed by atoms with E-state index in [-0.39, 0.29) is 18.6 Å². The SMILES string of the molecule is CC(C)CNC(=O)C(C)NCCOCCO. The zero-order chi connectivity index (χ0) is 12.4. The van der Waals surface area contributed by atoms with Crippen LogP contribution in [-0.4, -0.2) is 50.0 Å². The molecule has 0 rings (SSSR count). The third-order valence-corrected chi connectivity index (χ3v) is 2.01. The molecule has 0 aliphatic heterocycles. The van der Waals surface area contributed by atoms with Gasteiger partial charge in [0.25, 0.3) is 0 Å². The number of aliphatic hydroxyl groups is 1. The number of amides is 1. The lowest BCUT2D eigenvalue weighted by atomic mass is 10.2. The Labute approximate surface area is 97.6 Å². The van der Waals surface area contributed by atoms with Gasteiger partial charge in [0, 0.05) is 13.1 Å². The maximum absolute atomic E-state index is 11.5. The minimum atomic E-state index is -0.212. The Kier molecular flexibility index (Phi) is 9.18. The van der Waals surface area contributed by atoms with Crippen LogP contribution < -0.4 is 10.6 Å². The van der Waals surface area contributed by atoms with Crippen LogP contribution in [-0.2, 0) is 9.53 Å². The van der Waals surface area contributed by atoms with Gasteiger partial charge in [-0.15, -0.1) is 0 Å². The maximum atomic E-state index is 11.5. The van der Waals surface area contributed by atoms with E-state index in [0.29, 0.717) is 32.2 Å². The van der Waals surface area contributed by atoms with Gasteiger partial charge in [0.15, 0.2) is 0 Å². The summed E-state index contributed by atoms with van der Waals surface area (Å²) in [4.78, 5) is 11.5. The van der Waals surface area contributed by atoms with Crippen molar-refractivity contribution >= 4 is 5.91 Å². The highest BCUT2D eigenvalue weighted by molar-refractivity contribution is 5.81. The predicted octanol–water partition coefficient (Wildman–Crippen LogP) is -0.254. The van der Waals surface area contributed by atoms with Gasteiger partial charge in [0.1, 0.15) is 0 Å². The lowest BCUT2D eigenvalue weighted by Crippen LogP contribution is -2.44. The summed E-state index contributed by atoms with van der Waals surface area (Å²) in [7, 11) is 0. The lowest BCUT2D eigenvalue weighted by Gasteiger charge is -2.15. The third-order valence-electron chi connectivity index (χ3n) is 2.01. The van der Waals surface area contributed by atoms with Gasteiger partial charge in [-0.3, -0.25) is 4.79 Å². The zero-order valence-electron chi connectivity index (χ0n) is 10.5. The monoisotopic (exact) mass is 232 g/mol. The minimum absolute atomic E-state index is 0.0101. The molecule has 0 aliphatic carbocycles. The van der Waals surface area contributed by atoms with Crippen molar-refractivity contribution in [3.63, 3.8) is 0 Å². The summed E-state index contributed by atoms with van der Waals surface area (Å²) in [6.45, 7) is 8.12. The van der Waals surface area contributed by atoms with Crippen molar-refractivity contribution in [2.45, 2.75) is 26.8 Å². The van der Waals surface area contributed by atoms with E-state index in [1.54, 1.807) is 0 Å². The number of ether oxygens (including phenoxy) is 1. The fourth-order valence-electron chi connectivity index (χ4n) is 1.06. The molecular formula is C11H24N2O3. The predicted molar refractivity (Wildman–Crippen MR) is 63.2 cm³/mol. The molecule has 1 amide bonds. The summed E-state index contributed by atoms with van der Waals surface area (Å²) in [5.41, 5.74) is 0. The molecule has 0 saturated heterocycles. The Bertz CT molecular complexity index is 186. The molecule has 0 bridgehead atoms. The molecule has 0 radical (unpaired) electrons. The first-order chi connectivity index (χ1) is 7.57.